The van der Waals surface area contributed by atoms with Gasteiger partial charge in [0.25, 0.3) is 0 Å². The summed E-state index contributed by atoms with van der Waals surface area (Å²) in [4.78, 5) is 14.8. The summed E-state index contributed by atoms with van der Waals surface area (Å²) in [7, 11) is 0. The van der Waals surface area contributed by atoms with Gasteiger partial charge in [0.1, 0.15) is 0 Å². The van der Waals surface area contributed by atoms with Crippen LogP contribution >= 0.6 is 0 Å². The minimum absolute atomic E-state index is 0.600. The number of rotatable bonds is 1. The van der Waals surface area contributed by atoms with Crippen molar-refractivity contribution in [2.24, 2.45) is 0 Å². The van der Waals surface area contributed by atoms with E-state index in [9.17, 15) is 4.79 Å². The summed E-state index contributed by atoms with van der Waals surface area (Å²) in [6.45, 7) is 5.75. The lowest BCUT2D eigenvalue weighted by atomic mass is 10.0. The molecule has 0 spiro atoms. The van der Waals surface area contributed by atoms with E-state index < -0.39 is 6.09 Å². The summed E-state index contributed by atoms with van der Waals surface area (Å²) in [5, 5.41) is 12.2. The first-order valence-electron chi connectivity index (χ1n) is 5.70. The van der Waals surface area contributed by atoms with Crippen molar-refractivity contribution in [3.05, 3.63) is 0 Å². The Bertz CT molecular complexity index is 221. The Morgan fingerprint density at radius 2 is 1.73 bits per heavy atom. The molecule has 0 aromatic rings. The molecule has 5 nitrogen and oxygen atoms in total. The van der Waals surface area contributed by atoms with Crippen molar-refractivity contribution in [1.29, 1.82) is 0 Å². The van der Waals surface area contributed by atoms with Gasteiger partial charge in [-0.2, -0.15) is 0 Å². The van der Waals surface area contributed by atoms with Crippen LogP contribution < -0.4 is 5.32 Å². The smallest absolute Gasteiger partial charge is 0.407 e. The number of hydrogen-bond acceptors (Lipinski definition) is 3. The molecule has 5 heteroatoms. The van der Waals surface area contributed by atoms with Crippen LogP contribution in [0.25, 0.3) is 0 Å². The maximum atomic E-state index is 10.7. The Hall–Kier alpha value is -0.810. The van der Waals surface area contributed by atoms with Crippen LogP contribution in [0.3, 0.4) is 0 Å². The van der Waals surface area contributed by atoms with Crippen molar-refractivity contribution in [1.82, 2.24) is 15.1 Å². The second kappa shape index (κ2) is 4.81. The van der Waals surface area contributed by atoms with Crippen molar-refractivity contribution in [2.75, 3.05) is 39.3 Å². The maximum absolute atomic E-state index is 10.7. The zero-order chi connectivity index (χ0) is 10.7. The number of amides is 1. The highest BCUT2D eigenvalue weighted by molar-refractivity contribution is 5.65. The van der Waals surface area contributed by atoms with Crippen LogP contribution in [0.2, 0.25) is 0 Å². The van der Waals surface area contributed by atoms with Gasteiger partial charge in [-0.05, 0) is 12.8 Å². The normalized spacial score (nSPS) is 25.5. The average Bonchev–Trinajstić information content (AvgIpc) is 2.30. The van der Waals surface area contributed by atoms with Gasteiger partial charge in [-0.3, -0.25) is 4.90 Å². The van der Waals surface area contributed by atoms with Gasteiger partial charge in [-0.1, -0.05) is 0 Å². The molecule has 0 aliphatic carbocycles. The van der Waals surface area contributed by atoms with Gasteiger partial charge in [0.15, 0.2) is 0 Å². The molecule has 1 amide bonds. The van der Waals surface area contributed by atoms with E-state index >= 15 is 0 Å². The molecule has 0 bridgehead atoms. The van der Waals surface area contributed by atoms with Crippen LogP contribution in [0.4, 0.5) is 4.79 Å². The number of likely N-dealkylation sites (tertiary alicyclic amines) is 1. The number of carboxylic acid groups (broad SMARTS) is 1. The quantitative estimate of drug-likeness (QED) is 0.645. The molecule has 0 unspecified atom stereocenters. The zero-order valence-corrected chi connectivity index (χ0v) is 8.98. The van der Waals surface area contributed by atoms with Crippen LogP contribution in [0.5, 0.6) is 0 Å². The Morgan fingerprint density at radius 3 is 2.27 bits per heavy atom. The van der Waals surface area contributed by atoms with E-state index in [1.54, 1.807) is 0 Å². The Balaban J connectivity index is 1.79. The summed E-state index contributed by atoms with van der Waals surface area (Å²) < 4.78 is 0. The lowest BCUT2D eigenvalue weighted by molar-refractivity contribution is 0.0885. The van der Waals surface area contributed by atoms with Crippen LogP contribution in [0, 0.1) is 0 Å². The molecule has 86 valence electrons. The highest BCUT2D eigenvalue weighted by atomic mass is 16.4. The van der Waals surface area contributed by atoms with E-state index in [0.29, 0.717) is 19.1 Å². The third-order valence-corrected chi connectivity index (χ3v) is 3.40. The van der Waals surface area contributed by atoms with Gasteiger partial charge in [-0.15, -0.1) is 0 Å². The lowest BCUT2D eigenvalue weighted by Gasteiger charge is -2.39. The first-order chi connectivity index (χ1) is 7.27. The fourth-order valence-electron chi connectivity index (χ4n) is 2.47. The van der Waals surface area contributed by atoms with Crippen LogP contribution in [0.15, 0.2) is 0 Å². The van der Waals surface area contributed by atoms with Gasteiger partial charge in [0.2, 0.25) is 0 Å². The van der Waals surface area contributed by atoms with Crippen LogP contribution in [0.1, 0.15) is 12.8 Å². The summed E-state index contributed by atoms with van der Waals surface area (Å²) in [6.07, 6.45) is 1.22. The average molecular weight is 213 g/mol. The Kier molecular flexibility index (Phi) is 3.43. The highest BCUT2D eigenvalue weighted by Crippen LogP contribution is 2.16. The summed E-state index contributed by atoms with van der Waals surface area (Å²) in [5.41, 5.74) is 0. The van der Waals surface area contributed by atoms with E-state index in [2.05, 4.69) is 10.2 Å². The molecule has 2 saturated heterocycles. The number of piperazine rings is 1. The third kappa shape index (κ3) is 2.60. The monoisotopic (exact) mass is 213 g/mol. The van der Waals surface area contributed by atoms with Crippen molar-refractivity contribution >= 4 is 6.09 Å². The van der Waals surface area contributed by atoms with Crippen molar-refractivity contribution in [3.8, 4) is 0 Å². The molecule has 0 aromatic carbocycles. The van der Waals surface area contributed by atoms with E-state index in [1.807, 2.05) is 0 Å². The van der Waals surface area contributed by atoms with Crippen molar-refractivity contribution in [3.63, 3.8) is 0 Å². The number of carbonyl (C=O) groups is 1. The van der Waals surface area contributed by atoms with Gasteiger partial charge >= 0.3 is 6.09 Å². The van der Waals surface area contributed by atoms with Crippen LogP contribution in [-0.2, 0) is 0 Å². The molecule has 2 rings (SSSR count). The van der Waals surface area contributed by atoms with Gasteiger partial charge < -0.3 is 15.3 Å². The fourth-order valence-corrected chi connectivity index (χ4v) is 2.47. The largest absolute Gasteiger partial charge is 0.465 e. The van der Waals surface area contributed by atoms with Crippen molar-refractivity contribution < 1.29 is 9.90 Å². The van der Waals surface area contributed by atoms with Crippen LogP contribution in [-0.4, -0.2) is 66.3 Å². The standard InChI is InChI=1S/C10H19N3O2/c14-10(15)13-5-1-9(2-6-13)12-7-3-11-4-8-12/h9,11H,1-8H2,(H,14,15). The minimum atomic E-state index is -0.770. The second-order valence-electron chi connectivity index (χ2n) is 4.29. The molecular formula is C10H19N3O2. The topological polar surface area (TPSA) is 55.8 Å². The lowest BCUT2D eigenvalue weighted by Crippen LogP contribution is -2.52. The van der Waals surface area contributed by atoms with E-state index in [4.69, 9.17) is 5.11 Å². The van der Waals surface area contributed by atoms with Gasteiger partial charge in [-0.25, -0.2) is 4.79 Å². The molecule has 0 radical (unpaired) electrons. The Labute approximate surface area is 90.0 Å². The predicted molar refractivity (Wildman–Crippen MR) is 57.1 cm³/mol. The molecule has 2 aliphatic rings. The summed E-state index contributed by atoms with van der Waals surface area (Å²) >= 11 is 0. The van der Waals surface area contributed by atoms with E-state index in [-0.39, 0.29) is 0 Å². The third-order valence-electron chi connectivity index (χ3n) is 3.40. The second-order valence-corrected chi connectivity index (χ2v) is 4.29. The highest BCUT2D eigenvalue weighted by Gasteiger charge is 2.26. The first kappa shape index (κ1) is 10.7. The van der Waals surface area contributed by atoms with Gasteiger partial charge in [0.05, 0.1) is 0 Å². The number of piperidine rings is 1. The molecule has 2 fully saturated rings. The number of nitrogens with one attached hydrogen (secondary N) is 1. The molecular weight excluding hydrogens is 194 g/mol. The SMILES string of the molecule is O=C(O)N1CCC(N2CCNCC2)CC1. The number of hydrogen-bond donors (Lipinski definition) is 2. The molecule has 15 heavy (non-hydrogen) atoms. The molecule has 0 saturated carbocycles. The van der Waals surface area contributed by atoms with Gasteiger partial charge in [0, 0.05) is 45.3 Å². The minimum Gasteiger partial charge on any atom is -0.465 e. The predicted octanol–water partition coefficient (Wildman–Crippen LogP) is 0.0340. The van der Waals surface area contributed by atoms with E-state index in [0.717, 1.165) is 39.0 Å². The first-order valence-corrected chi connectivity index (χ1v) is 5.70. The summed E-state index contributed by atoms with van der Waals surface area (Å²) in [6, 6.07) is 0.600. The van der Waals surface area contributed by atoms with Crippen molar-refractivity contribution in [2.45, 2.75) is 18.9 Å². The summed E-state index contributed by atoms with van der Waals surface area (Å²) in [5.74, 6) is 0. The molecule has 0 atom stereocenters. The Morgan fingerprint density at radius 1 is 1.13 bits per heavy atom. The maximum Gasteiger partial charge on any atom is 0.407 e. The molecule has 2 aliphatic heterocycles. The molecule has 0 aromatic heterocycles. The number of nitrogens with zero attached hydrogens (tertiary/aromatic N) is 2. The fraction of sp³-hybridized carbons (Fsp3) is 0.900. The molecule has 2 heterocycles. The zero-order valence-electron chi connectivity index (χ0n) is 8.98. The molecule has 2 N–H and O–H groups in total. The van der Waals surface area contributed by atoms with E-state index in [1.165, 1.54) is 4.90 Å².